The fraction of sp³-hybridized carbons (Fsp3) is 0.333. The van der Waals surface area contributed by atoms with Crippen LogP contribution < -0.4 is 14.2 Å². The van der Waals surface area contributed by atoms with Gasteiger partial charge >= 0.3 is 0 Å². The largest absolute Gasteiger partial charge is 0.507 e. The Bertz CT molecular complexity index is 1110. The van der Waals surface area contributed by atoms with Crippen molar-refractivity contribution in [3.63, 3.8) is 0 Å². The van der Waals surface area contributed by atoms with E-state index in [-0.39, 0.29) is 11.3 Å². The molecule has 8 nitrogen and oxygen atoms in total. The lowest BCUT2D eigenvalue weighted by atomic mass is 9.95. The fourth-order valence-electron chi connectivity index (χ4n) is 4.06. The number of Topliss-reactive ketones (excluding diaryl/α,β-unsaturated/α-hetero) is 1. The number of ketones is 1. The average molecular weight is 481 g/mol. The number of nitrogens with zero attached hydrogens (tertiary/aromatic N) is 2. The molecule has 0 radical (unpaired) electrons. The molecule has 1 saturated heterocycles. The molecule has 1 fully saturated rings. The number of rotatable bonds is 11. The second-order valence-electron chi connectivity index (χ2n) is 8.39. The van der Waals surface area contributed by atoms with Gasteiger partial charge in [-0.25, -0.2) is 0 Å². The van der Waals surface area contributed by atoms with Crippen molar-refractivity contribution < 1.29 is 28.9 Å². The van der Waals surface area contributed by atoms with Crippen LogP contribution in [-0.2, 0) is 9.59 Å². The van der Waals surface area contributed by atoms with Crippen LogP contribution in [0.2, 0.25) is 0 Å². The van der Waals surface area contributed by atoms with Crippen LogP contribution in [0.4, 0.5) is 0 Å². The maximum atomic E-state index is 13.2. The van der Waals surface area contributed by atoms with Crippen LogP contribution >= 0.6 is 0 Å². The van der Waals surface area contributed by atoms with Gasteiger partial charge in [-0.2, -0.15) is 0 Å². The SMILES string of the molecule is C=CCOc1ccc(C(O)=C2C(=O)C(=O)N(CCCN(C)C)[C@@H]2c2ccc(OC)c(OC)c2)cc1. The number of amides is 1. The van der Waals surface area contributed by atoms with Crippen LogP contribution in [0.15, 0.2) is 60.7 Å². The molecule has 1 amide bonds. The molecule has 3 rings (SSSR count). The van der Waals surface area contributed by atoms with Gasteiger partial charge < -0.3 is 29.1 Å². The molecule has 0 aliphatic carbocycles. The van der Waals surface area contributed by atoms with E-state index in [4.69, 9.17) is 14.2 Å². The van der Waals surface area contributed by atoms with E-state index in [0.29, 0.717) is 47.9 Å². The van der Waals surface area contributed by atoms with E-state index in [1.807, 2.05) is 19.0 Å². The van der Waals surface area contributed by atoms with Crippen molar-refractivity contribution in [1.82, 2.24) is 9.80 Å². The number of aliphatic hydroxyl groups excluding tert-OH is 1. The number of likely N-dealkylation sites (tertiary alicyclic amines) is 1. The van der Waals surface area contributed by atoms with Gasteiger partial charge in [0, 0.05) is 12.1 Å². The lowest BCUT2D eigenvalue weighted by Crippen LogP contribution is -2.32. The van der Waals surface area contributed by atoms with Crippen LogP contribution in [0.3, 0.4) is 0 Å². The smallest absolute Gasteiger partial charge is 0.295 e. The molecule has 2 aromatic carbocycles. The minimum absolute atomic E-state index is 0.0341. The third-order valence-electron chi connectivity index (χ3n) is 5.76. The first-order valence-electron chi connectivity index (χ1n) is 11.3. The molecule has 0 unspecified atom stereocenters. The number of hydrogen-bond acceptors (Lipinski definition) is 7. The van der Waals surface area contributed by atoms with Gasteiger partial charge in [0.2, 0.25) is 0 Å². The predicted octanol–water partition coefficient (Wildman–Crippen LogP) is 3.64. The summed E-state index contributed by atoms with van der Waals surface area (Å²) in [5.41, 5.74) is 1.08. The lowest BCUT2D eigenvalue weighted by molar-refractivity contribution is -0.139. The second kappa shape index (κ2) is 11.6. The highest BCUT2D eigenvalue weighted by molar-refractivity contribution is 6.46. The molecule has 35 heavy (non-hydrogen) atoms. The van der Waals surface area contributed by atoms with Gasteiger partial charge in [-0.15, -0.1) is 0 Å². The van der Waals surface area contributed by atoms with Gasteiger partial charge in [-0.3, -0.25) is 9.59 Å². The van der Waals surface area contributed by atoms with Crippen LogP contribution in [-0.4, -0.2) is 74.6 Å². The highest BCUT2D eigenvalue weighted by Gasteiger charge is 2.46. The number of carbonyl (C=O) groups is 2. The standard InChI is InChI=1S/C27H32N2O6/c1-6-16-35-20-11-8-18(9-12-20)25(30)23-24(19-10-13-21(33-4)22(17-19)34-5)29(27(32)26(23)31)15-7-14-28(2)3/h6,8-13,17,24,30H,1,7,14-16H2,2-5H3/t24-/m1/s1. The highest BCUT2D eigenvalue weighted by atomic mass is 16.5. The van der Waals surface area contributed by atoms with Crippen LogP contribution in [0.25, 0.3) is 5.76 Å². The molecule has 1 heterocycles. The van der Waals surface area contributed by atoms with Gasteiger partial charge in [-0.1, -0.05) is 18.7 Å². The molecule has 1 aliphatic heterocycles. The van der Waals surface area contributed by atoms with Crippen molar-refractivity contribution >= 4 is 17.4 Å². The minimum Gasteiger partial charge on any atom is -0.507 e. The Kier molecular flexibility index (Phi) is 8.54. The van der Waals surface area contributed by atoms with Gasteiger partial charge in [0.1, 0.15) is 18.1 Å². The van der Waals surface area contributed by atoms with E-state index in [9.17, 15) is 14.7 Å². The first-order valence-corrected chi connectivity index (χ1v) is 11.3. The number of hydrogen-bond donors (Lipinski definition) is 1. The monoisotopic (exact) mass is 480 g/mol. The minimum atomic E-state index is -0.770. The van der Waals surface area contributed by atoms with E-state index in [0.717, 1.165) is 6.54 Å². The molecule has 0 aromatic heterocycles. The Balaban J connectivity index is 2.08. The van der Waals surface area contributed by atoms with Crippen LogP contribution in [0.5, 0.6) is 17.2 Å². The summed E-state index contributed by atoms with van der Waals surface area (Å²) in [7, 11) is 6.95. The second-order valence-corrected chi connectivity index (χ2v) is 8.39. The van der Waals surface area contributed by atoms with Gasteiger partial charge in [0.25, 0.3) is 11.7 Å². The Hall–Kier alpha value is -3.78. The summed E-state index contributed by atoms with van der Waals surface area (Å²) in [6, 6.07) is 11.1. The van der Waals surface area contributed by atoms with Crippen molar-refractivity contribution in [1.29, 1.82) is 0 Å². The van der Waals surface area contributed by atoms with E-state index in [1.165, 1.54) is 19.1 Å². The van der Waals surface area contributed by atoms with Crippen molar-refractivity contribution in [2.45, 2.75) is 12.5 Å². The van der Waals surface area contributed by atoms with Gasteiger partial charge in [-0.05, 0) is 69.0 Å². The molecule has 0 spiro atoms. The molecular formula is C27H32N2O6. The molecule has 1 N–H and O–H groups in total. The summed E-state index contributed by atoms with van der Waals surface area (Å²) >= 11 is 0. The van der Waals surface area contributed by atoms with Gasteiger partial charge in [0.05, 0.1) is 25.8 Å². The zero-order valence-corrected chi connectivity index (χ0v) is 20.6. The lowest BCUT2D eigenvalue weighted by Gasteiger charge is -2.26. The highest BCUT2D eigenvalue weighted by Crippen LogP contribution is 2.42. The Morgan fingerprint density at radius 1 is 1.09 bits per heavy atom. The zero-order valence-electron chi connectivity index (χ0n) is 20.6. The summed E-state index contributed by atoms with van der Waals surface area (Å²) < 4.78 is 16.3. The van der Waals surface area contributed by atoms with E-state index < -0.39 is 17.7 Å². The molecule has 2 aromatic rings. The molecule has 1 atom stereocenters. The van der Waals surface area contributed by atoms with Crippen molar-refractivity contribution in [3.05, 3.63) is 71.8 Å². The topological polar surface area (TPSA) is 88.5 Å². The summed E-state index contributed by atoms with van der Waals surface area (Å²) in [6.45, 7) is 5.07. The number of aliphatic hydroxyl groups is 1. The third kappa shape index (κ3) is 5.66. The number of benzene rings is 2. The molecule has 1 aliphatic rings. The first-order chi connectivity index (χ1) is 16.8. The molecular weight excluding hydrogens is 448 g/mol. The Labute approximate surface area is 206 Å². The number of methoxy groups -OCH3 is 2. The predicted molar refractivity (Wildman–Crippen MR) is 134 cm³/mol. The van der Waals surface area contributed by atoms with Crippen molar-refractivity contribution in [2.24, 2.45) is 0 Å². The summed E-state index contributed by atoms with van der Waals surface area (Å²) in [5.74, 6) is -0.0192. The Morgan fingerprint density at radius 2 is 1.77 bits per heavy atom. The summed E-state index contributed by atoms with van der Waals surface area (Å²) in [4.78, 5) is 29.8. The number of carbonyl (C=O) groups excluding carboxylic acids is 2. The molecule has 186 valence electrons. The maximum Gasteiger partial charge on any atom is 0.295 e. The van der Waals surface area contributed by atoms with Crippen LogP contribution in [0, 0.1) is 0 Å². The summed E-state index contributed by atoms with van der Waals surface area (Å²) in [5, 5.41) is 11.2. The average Bonchev–Trinajstić information content (AvgIpc) is 3.11. The Morgan fingerprint density at radius 3 is 2.37 bits per heavy atom. The van der Waals surface area contributed by atoms with Crippen molar-refractivity contribution in [2.75, 3.05) is 48.0 Å². The van der Waals surface area contributed by atoms with Gasteiger partial charge in [0.15, 0.2) is 11.5 Å². The molecule has 8 heteroatoms. The van der Waals surface area contributed by atoms with Crippen LogP contribution in [0.1, 0.15) is 23.6 Å². The van der Waals surface area contributed by atoms with E-state index in [2.05, 4.69) is 6.58 Å². The summed E-state index contributed by atoms with van der Waals surface area (Å²) in [6.07, 6.45) is 2.30. The van der Waals surface area contributed by atoms with Crippen molar-refractivity contribution in [3.8, 4) is 17.2 Å². The van der Waals surface area contributed by atoms with E-state index in [1.54, 1.807) is 48.5 Å². The normalized spacial score (nSPS) is 17.1. The first kappa shape index (κ1) is 25.8. The zero-order chi connectivity index (χ0) is 25.5. The maximum absolute atomic E-state index is 13.2. The quantitative estimate of drug-likeness (QED) is 0.227. The number of ether oxygens (including phenoxy) is 3. The fourth-order valence-corrected chi connectivity index (χ4v) is 4.06. The third-order valence-corrected chi connectivity index (χ3v) is 5.76. The molecule has 0 saturated carbocycles. The molecule has 0 bridgehead atoms. The van der Waals surface area contributed by atoms with E-state index >= 15 is 0 Å².